The van der Waals surface area contributed by atoms with Crippen molar-refractivity contribution >= 4 is 75.3 Å². The molecule has 9 aromatic carbocycles. The molecule has 0 aliphatic heterocycles. The van der Waals surface area contributed by atoms with Crippen LogP contribution in [0.2, 0.25) is 0 Å². The van der Waals surface area contributed by atoms with E-state index in [1.54, 1.807) is 0 Å². The summed E-state index contributed by atoms with van der Waals surface area (Å²) >= 11 is 1.82. The predicted molar refractivity (Wildman–Crippen MR) is 262 cm³/mol. The minimum absolute atomic E-state index is 0.575. The van der Waals surface area contributed by atoms with Crippen LogP contribution in [0.15, 0.2) is 211 Å². The summed E-state index contributed by atoms with van der Waals surface area (Å²) in [5.41, 5.74) is 11.8. The maximum atomic E-state index is 7.39. The van der Waals surface area contributed by atoms with Crippen LogP contribution in [0, 0.1) is 0 Å². The maximum Gasteiger partial charge on any atom is 0.164 e. The van der Waals surface area contributed by atoms with Gasteiger partial charge in [-0.2, -0.15) is 0 Å². The van der Waals surface area contributed by atoms with Crippen molar-refractivity contribution in [3.05, 3.63) is 206 Å². The van der Waals surface area contributed by atoms with E-state index in [0.717, 1.165) is 72.0 Å². The van der Waals surface area contributed by atoms with Gasteiger partial charge in [-0.05, 0) is 65.2 Å². The zero-order valence-corrected chi connectivity index (χ0v) is 34.6. The molecule has 6 heteroatoms. The third-order valence-corrected chi connectivity index (χ3v) is 13.4. The Morgan fingerprint density at radius 3 is 1.68 bits per heavy atom. The van der Waals surface area contributed by atoms with Crippen molar-refractivity contribution in [2.24, 2.45) is 0 Å². The van der Waals surface area contributed by atoms with Crippen LogP contribution < -0.4 is 0 Å². The molecule has 0 N–H and O–H groups in total. The van der Waals surface area contributed by atoms with Crippen LogP contribution in [-0.2, 0) is 0 Å². The highest BCUT2D eigenvalue weighted by Crippen LogP contribution is 2.46. The summed E-state index contributed by atoms with van der Waals surface area (Å²) in [6.45, 7) is 0. The largest absolute Gasteiger partial charge is 0.453 e. The van der Waals surface area contributed by atoms with Gasteiger partial charge in [0.25, 0.3) is 0 Å². The summed E-state index contributed by atoms with van der Waals surface area (Å²) in [6.07, 6.45) is 0. The minimum atomic E-state index is 0.575. The van der Waals surface area contributed by atoms with E-state index in [1.165, 1.54) is 36.5 Å². The molecule has 13 rings (SSSR count). The van der Waals surface area contributed by atoms with E-state index in [0.29, 0.717) is 17.5 Å². The smallest absolute Gasteiger partial charge is 0.164 e. The summed E-state index contributed by atoms with van der Waals surface area (Å²) in [4.78, 5) is 15.5. The molecule has 0 atom stereocenters. The fourth-order valence-electron chi connectivity index (χ4n) is 9.35. The van der Waals surface area contributed by atoms with Crippen molar-refractivity contribution in [2.45, 2.75) is 0 Å². The third kappa shape index (κ3) is 5.73. The molecule has 294 valence electrons. The molecule has 0 aliphatic carbocycles. The van der Waals surface area contributed by atoms with Crippen LogP contribution in [0.1, 0.15) is 0 Å². The predicted octanol–water partition coefficient (Wildman–Crippen LogP) is 15.6. The van der Waals surface area contributed by atoms with Crippen LogP contribution in [-0.4, -0.2) is 19.5 Å². The molecule has 0 radical (unpaired) electrons. The van der Waals surface area contributed by atoms with E-state index in [1.807, 2.05) is 72.0 Å². The molecule has 5 nitrogen and oxygen atoms in total. The Morgan fingerprint density at radius 2 is 0.921 bits per heavy atom. The summed E-state index contributed by atoms with van der Waals surface area (Å²) < 4.78 is 12.3. The highest BCUT2D eigenvalue weighted by molar-refractivity contribution is 7.25. The number of hydrogen-bond donors (Lipinski definition) is 0. The van der Waals surface area contributed by atoms with Crippen molar-refractivity contribution in [3.8, 4) is 62.1 Å². The number of fused-ring (bicyclic) bond motifs is 9. The van der Waals surface area contributed by atoms with Gasteiger partial charge in [-0.15, -0.1) is 11.3 Å². The number of para-hydroxylation sites is 2. The standard InChI is InChI=1S/C57H34N4OS/c1-4-15-35(16-5-1)38-27-29-41-40-21-10-12-24-47(40)61(49(41)34-38)48-25-14-23-43-44-30-31-45(57-59-55(36-17-6-2-7-18-36)58-56(60-57)37-19-8-3-9-20-37)52(54(44)62-53(43)48)39-28-32-51-46(33-39)42-22-11-13-26-50(42)63-51/h1-34H. The first-order chi connectivity index (χ1) is 31.2. The lowest BCUT2D eigenvalue weighted by Gasteiger charge is -2.13. The van der Waals surface area contributed by atoms with Gasteiger partial charge >= 0.3 is 0 Å². The molecular formula is C57H34N4OS. The summed E-state index contributed by atoms with van der Waals surface area (Å²) in [5, 5.41) is 6.88. The van der Waals surface area contributed by atoms with Crippen LogP contribution in [0.3, 0.4) is 0 Å². The van der Waals surface area contributed by atoms with Gasteiger partial charge in [-0.25, -0.2) is 15.0 Å². The van der Waals surface area contributed by atoms with E-state index in [2.05, 4.69) is 150 Å². The van der Waals surface area contributed by atoms with Crippen LogP contribution in [0.25, 0.3) is 126 Å². The molecular weight excluding hydrogens is 789 g/mol. The average molecular weight is 823 g/mol. The second-order valence-corrected chi connectivity index (χ2v) is 17.0. The second kappa shape index (κ2) is 14.2. The van der Waals surface area contributed by atoms with Crippen LogP contribution >= 0.6 is 11.3 Å². The molecule has 0 aliphatic rings. The normalized spacial score (nSPS) is 11.8. The zero-order valence-electron chi connectivity index (χ0n) is 33.7. The number of rotatable bonds is 6. The van der Waals surface area contributed by atoms with Gasteiger partial charge in [0.1, 0.15) is 5.58 Å². The van der Waals surface area contributed by atoms with E-state index in [4.69, 9.17) is 19.4 Å². The van der Waals surface area contributed by atoms with E-state index < -0.39 is 0 Å². The Balaban J connectivity index is 1.11. The van der Waals surface area contributed by atoms with Crippen molar-refractivity contribution in [1.29, 1.82) is 0 Å². The van der Waals surface area contributed by atoms with Gasteiger partial charge in [-0.3, -0.25) is 0 Å². The maximum absolute atomic E-state index is 7.39. The molecule has 4 aromatic heterocycles. The quantitative estimate of drug-likeness (QED) is 0.168. The van der Waals surface area contributed by atoms with E-state index in [9.17, 15) is 0 Å². The Bertz CT molecular complexity index is 3850. The molecule has 0 bridgehead atoms. The summed E-state index contributed by atoms with van der Waals surface area (Å²) in [5.74, 6) is 1.79. The lowest BCUT2D eigenvalue weighted by molar-refractivity contribution is 0.667. The lowest BCUT2D eigenvalue weighted by Crippen LogP contribution is -2.01. The lowest BCUT2D eigenvalue weighted by atomic mass is 9.95. The Hall–Kier alpha value is -8.19. The van der Waals surface area contributed by atoms with Crippen LogP contribution in [0.5, 0.6) is 0 Å². The zero-order chi connectivity index (χ0) is 41.4. The second-order valence-electron chi connectivity index (χ2n) is 15.9. The van der Waals surface area contributed by atoms with E-state index >= 15 is 0 Å². The molecule has 0 unspecified atom stereocenters. The number of aromatic nitrogens is 4. The van der Waals surface area contributed by atoms with Gasteiger partial charge in [-0.1, -0.05) is 158 Å². The topological polar surface area (TPSA) is 56.7 Å². The first kappa shape index (κ1) is 35.6. The number of benzene rings is 9. The number of hydrogen-bond acceptors (Lipinski definition) is 5. The molecule has 0 spiro atoms. The van der Waals surface area contributed by atoms with Gasteiger partial charge in [0.05, 0.1) is 16.7 Å². The molecule has 0 saturated carbocycles. The fourth-order valence-corrected chi connectivity index (χ4v) is 10.4. The molecule has 0 amide bonds. The third-order valence-electron chi connectivity index (χ3n) is 12.3. The first-order valence-electron chi connectivity index (χ1n) is 21.1. The number of furan rings is 1. The molecule has 0 fully saturated rings. The van der Waals surface area contributed by atoms with Crippen molar-refractivity contribution in [2.75, 3.05) is 0 Å². The molecule has 13 aromatic rings. The molecule has 4 heterocycles. The van der Waals surface area contributed by atoms with Gasteiger partial charge in [0.15, 0.2) is 23.1 Å². The fraction of sp³-hybridized carbons (Fsp3) is 0. The highest BCUT2D eigenvalue weighted by Gasteiger charge is 2.24. The van der Waals surface area contributed by atoms with Crippen LogP contribution in [0.4, 0.5) is 0 Å². The van der Waals surface area contributed by atoms with Gasteiger partial charge < -0.3 is 8.98 Å². The molecule has 0 saturated heterocycles. The number of thiophene rings is 1. The Labute approximate surface area is 365 Å². The monoisotopic (exact) mass is 822 g/mol. The Morgan fingerprint density at radius 1 is 0.349 bits per heavy atom. The van der Waals surface area contributed by atoms with Crippen molar-refractivity contribution < 1.29 is 4.42 Å². The van der Waals surface area contributed by atoms with Crippen molar-refractivity contribution in [1.82, 2.24) is 19.5 Å². The van der Waals surface area contributed by atoms with Gasteiger partial charge in [0.2, 0.25) is 0 Å². The average Bonchev–Trinajstić information content (AvgIpc) is 4.03. The Kier molecular flexibility index (Phi) is 8.01. The molecule has 63 heavy (non-hydrogen) atoms. The summed E-state index contributed by atoms with van der Waals surface area (Å²) in [6, 6.07) is 72.6. The van der Waals surface area contributed by atoms with E-state index in [-0.39, 0.29) is 0 Å². The minimum Gasteiger partial charge on any atom is -0.453 e. The van der Waals surface area contributed by atoms with Crippen molar-refractivity contribution in [3.63, 3.8) is 0 Å². The number of nitrogens with zero attached hydrogens (tertiary/aromatic N) is 4. The first-order valence-corrected chi connectivity index (χ1v) is 21.9. The van der Waals surface area contributed by atoms with Gasteiger partial charge in [0, 0.05) is 64.0 Å². The summed E-state index contributed by atoms with van der Waals surface area (Å²) in [7, 11) is 0. The highest BCUT2D eigenvalue weighted by atomic mass is 32.1. The SMILES string of the molecule is c1ccc(-c2ccc3c4ccccc4n(-c4cccc5c4oc4c(-c6ccc7sc8ccccc8c7c6)c(-c6nc(-c7ccccc7)nc(-c7ccccc7)n6)ccc45)c3c2)cc1.